The molecular formula is C56H32N10. The van der Waals surface area contributed by atoms with Crippen LogP contribution in [0.2, 0.25) is 0 Å². The van der Waals surface area contributed by atoms with Gasteiger partial charge >= 0.3 is 0 Å². The molecule has 306 valence electrons. The number of hydrogen-bond donors (Lipinski definition) is 0. The van der Waals surface area contributed by atoms with Crippen LogP contribution in [0, 0.1) is 11.3 Å². The lowest BCUT2D eigenvalue weighted by atomic mass is 9.95. The van der Waals surface area contributed by atoms with Gasteiger partial charge in [-0.2, -0.15) is 5.26 Å². The summed E-state index contributed by atoms with van der Waals surface area (Å²) in [5.41, 5.74) is 12.0. The van der Waals surface area contributed by atoms with Crippen molar-refractivity contribution in [2.75, 3.05) is 0 Å². The molecule has 0 unspecified atom stereocenters. The van der Waals surface area contributed by atoms with E-state index in [1.165, 1.54) is 0 Å². The number of fused-ring (bicyclic) bond motifs is 12. The topological polar surface area (TPSA) is 108 Å². The fourth-order valence-corrected chi connectivity index (χ4v) is 10.7. The van der Waals surface area contributed by atoms with Crippen LogP contribution in [0.4, 0.5) is 0 Å². The van der Waals surface area contributed by atoms with Gasteiger partial charge in [-0.25, -0.2) is 0 Å². The van der Waals surface area contributed by atoms with Crippen molar-refractivity contribution in [1.29, 1.82) is 5.26 Å². The summed E-state index contributed by atoms with van der Waals surface area (Å²) in [6.45, 7) is 0. The molecule has 0 fully saturated rings. The van der Waals surface area contributed by atoms with Crippen LogP contribution in [0.3, 0.4) is 0 Å². The lowest BCUT2D eigenvalue weighted by Crippen LogP contribution is -2.17. The lowest BCUT2D eigenvalue weighted by molar-refractivity contribution is 1.01. The van der Waals surface area contributed by atoms with Crippen molar-refractivity contribution in [3.05, 3.63) is 201 Å². The molecule has 14 rings (SSSR count). The zero-order valence-electron chi connectivity index (χ0n) is 34.9. The first-order valence-electron chi connectivity index (χ1n) is 21.7. The van der Waals surface area contributed by atoms with E-state index in [1.54, 1.807) is 6.20 Å². The van der Waals surface area contributed by atoms with E-state index in [9.17, 15) is 5.26 Å². The molecule has 0 spiro atoms. The summed E-state index contributed by atoms with van der Waals surface area (Å²) >= 11 is 0. The van der Waals surface area contributed by atoms with E-state index >= 15 is 0 Å². The predicted molar refractivity (Wildman–Crippen MR) is 263 cm³/mol. The third-order valence-electron chi connectivity index (χ3n) is 13.2. The number of nitriles is 1. The molecule has 5 aromatic carbocycles. The smallest absolute Gasteiger partial charge is 0.102 e. The number of nitrogens with zero attached hydrogens (tertiary/aromatic N) is 10. The number of aromatic nitrogens is 9. The molecule has 10 heteroatoms. The van der Waals surface area contributed by atoms with Crippen molar-refractivity contribution >= 4 is 87.2 Å². The minimum Gasteiger partial charge on any atom is -0.305 e. The van der Waals surface area contributed by atoms with Crippen molar-refractivity contribution in [3.63, 3.8) is 0 Å². The molecule has 0 saturated heterocycles. The van der Waals surface area contributed by atoms with Crippen LogP contribution in [-0.2, 0) is 0 Å². The second kappa shape index (κ2) is 13.8. The monoisotopic (exact) mass is 844 g/mol. The Labute approximate surface area is 375 Å². The number of rotatable bonds is 5. The van der Waals surface area contributed by atoms with Gasteiger partial charge in [-0.1, -0.05) is 78.9 Å². The van der Waals surface area contributed by atoms with E-state index in [4.69, 9.17) is 24.9 Å². The first kappa shape index (κ1) is 36.1. The van der Waals surface area contributed by atoms with E-state index < -0.39 is 0 Å². The summed E-state index contributed by atoms with van der Waals surface area (Å²) in [6, 6.07) is 50.9. The maximum absolute atomic E-state index is 12.3. The molecule has 0 aliphatic rings. The van der Waals surface area contributed by atoms with Gasteiger partial charge in [0.1, 0.15) is 6.07 Å². The SMILES string of the molecule is N#Cc1c(-c2ccccn2)c(-n2c3ccccc3c3ccncc32)c(-n2c3ccccc3c3ccncc32)c(-n2c3ccccc3c3ccncc32)c1-n1c2ccccc2c2ccncc21. The molecular weight excluding hydrogens is 813 g/mol. The molecule has 0 radical (unpaired) electrons. The van der Waals surface area contributed by atoms with Crippen LogP contribution in [0.15, 0.2) is 195 Å². The van der Waals surface area contributed by atoms with Gasteiger partial charge in [0.05, 0.1) is 103 Å². The maximum Gasteiger partial charge on any atom is 0.102 e. The summed E-state index contributed by atoms with van der Waals surface area (Å²) < 4.78 is 9.19. The van der Waals surface area contributed by atoms with Gasteiger partial charge in [0, 0.05) is 79.6 Å². The standard InChI is InChI=1S/C56H32N10/c57-29-42-52(43-15-9-10-24-62-43)54(64-45-17-6-2-12-35(45)39-21-26-59-31-49(39)64)56(66-47-19-8-4-14-37(47)41-23-28-61-33-51(41)66)55(65-46-18-7-3-13-36(46)40-22-27-60-32-50(40)65)53(42)63-44-16-5-1-11-34(44)38-20-25-58-30-48(38)63/h1-28,30-33H. The molecule has 0 bridgehead atoms. The molecule has 0 amide bonds. The van der Waals surface area contributed by atoms with Crippen molar-refractivity contribution in [2.24, 2.45) is 0 Å². The normalized spacial score (nSPS) is 11.9. The first-order chi connectivity index (χ1) is 32.8. The Kier molecular flexibility index (Phi) is 7.52. The second-order valence-corrected chi connectivity index (χ2v) is 16.5. The van der Waals surface area contributed by atoms with Gasteiger partial charge in [0.15, 0.2) is 0 Å². The molecule has 66 heavy (non-hydrogen) atoms. The van der Waals surface area contributed by atoms with E-state index in [0.717, 1.165) is 104 Å². The summed E-state index contributed by atoms with van der Waals surface area (Å²) in [7, 11) is 0. The molecule has 0 N–H and O–H groups in total. The third kappa shape index (κ3) is 4.80. The minimum absolute atomic E-state index is 0.428. The highest BCUT2D eigenvalue weighted by Gasteiger charge is 2.35. The minimum atomic E-state index is 0.428. The Bertz CT molecular complexity index is 4160. The zero-order chi connectivity index (χ0) is 43.5. The van der Waals surface area contributed by atoms with Crippen LogP contribution in [0.25, 0.3) is 121 Å². The van der Waals surface area contributed by atoms with E-state index in [0.29, 0.717) is 22.5 Å². The highest BCUT2D eigenvalue weighted by Crippen LogP contribution is 2.51. The van der Waals surface area contributed by atoms with Gasteiger partial charge in [0.25, 0.3) is 0 Å². The van der Waals surface area contributed by atoms with Crippen molar-refractivity contribution in [2.45, 2.75) is 0 Å². The average Bonchev–Trinajstić information content (AvgIpc) is 4.11. The molecule has 14 aromatic rings. The average molecular weight is 845 g/mol. The Hall–Kier alpha value is -9.46. The Morgan fingerprint density at radius 2 is 0.652 bits per heavy atom. The summed E-state index contributed by atoms with van der Waals surface area (Å²) in [5, 5.41) is 20.6. The van der Waals surface area contributed by atoms with Crippen LogP contribution in [-0.4, -0.2) is 43.2 Å². The van der Waals surface area contributed by atoms with Crippen LogP contribution < -0.4 is 0 Å². The third-order valence-corrected chi connectivity index (χ3v) is 13.2. The number of hydrogen-bond acceptors (Lipinski definition) is 6. The van der Waals surface area contributed by atoms with Crippen LogP contribution >= 0.6 is 0 Å². The number of pyridine rings is 5. The maximum atomic E-state index is 12.3. The van der Waals surface area contributed by atoms with Gasteiger partial charge in [-0.15, -0.1) is 0 Å². The molecule has 0 saturated carbocycles. The van der Waals surface area contributed by atoms with Gasteiger partial charge in [0.2, 0.25) is 0 Å². The Morgan fingerprint density at radius 1 is 0.318 bits per heavy atom. The number of para-hydroxylation sites is 4. The van der Waals surface area contributed by atoms with E-state index in [2.05, 4.69) is 146 Å². The van der Waals surface area contributed by atoms with Crippen LogP contribution in [0.5, 0.6) is 0 Å². The molecule has 9 heterocycles. The largest absolute Gasteiger partial charge is 0.305 e. The zero-order valence-corrected chi connectivity index (χ0v) is 34.9. The molecule has 0 atom stereocenters. The van der Waals surface area contributed by atoms with Crippen molar-refractivity contribution < 1.29 is 0 Å². The fourth-order valence-electron chi connectivity index (χ4n) is 10.7. The summed E-state index contributed by atoms with van der Waals surface area (Å²) in [5.74, 6) is 0. The summed E-state index contributed by atoms with van der Waals surface area (Å²) in [4.78, 5) is 24.3. The highest BCUT2D eigenvalue weighted by molar-refractivity contribution is 6.16. The second-order valence-electron chi connectivity index (χ2n) is 16.5. The summed E-state index contributed by atoms with van der Waals surface area (Å²) in [6.07, 6.45) is 16.9. The van der Waals surface area contributed by atoms with E-state index in [-0.39, 0.29) is 0 Å². The molecule has 0 aliphatic carbocycles. The fraction of sp³-hybridized carbons (Fsp3) is 0. The Morgan fingerprint density at radius 3 is 1.03 bits per heavy atom. The quantitative estimate of drug-likeness (QED) is 0.171. The molecule has 10 nitrogen and oxygen atoms in total. The lowest BCUT2D eigenvalue weighted by Gasteiger charge is -2.29. The van der Waals surface area contributed by atoms with Gasteiger partial charge in [-0.05, 0) is 60.7 Å². The predicted octanol–water partition coefficient (Wildman–Crippen LogP) is 12.6. The highest BCUT2D eigenvalue weighted by atomic mass is 15.2. The van der Waals surface area contributed by atoms with E-state index in [1.807, 2.05) is 67.8 Å². The van der Waals surface area contributed by atoms with Gasteiger partial charge < -0.3 is 18.3 Å². The van der Waals surface area contributed by atoms with Crippen LogP contribution in [0.1, 0.15) is 5.56 Å². The first-order valence-corrected chi connectivity index (χ1v) is 21.7. The molecule has 9 aromatic heterocycles. The van der Waals surface area contributed by atoms with Crippen molar-refractivity contribution in [3.8, 4) is 40.1 Å². The number of benzene rings is 5. The van der Waals surface area contributed by atoms with Crippen molar-refractivity contribution in [1.82, 2.24) is 43.2 Å². The molecule has 0 aliphatic heterocycles. The Balaban J connectivity index is 1.38. The van der Waals surface area contributed by atoms with Gasteiger partial charge in [-0.3, -0.25) is 24.9 Å².